The number of esters is 1. The van der Waals surface area contributed by atoms with Crippen molar-refractivity contribution in [1.82, 2.24) is 5.32 Å². The first-order valence-electron chi connectivity index (χ1n) is 8.24. The van der Waals surface area contributed by atoms with Crippen LogP contribution in [0.15, 0.2) is 11.6 Å². The fourth-order valence-electron chi connectivity index (χ4n) is 2.57. The monoisotopic (exact) mass is 324 g/mol. The standard InChI is InChI=1S/C17H28N2O4/c1-4-15(21-3)19-17(2,23-16(20)10-12-18)22-13-11-14-8-6-5-7-9-14/h11,15,19H,4-10,13H2,1-3H3. The molecule has 0 saturated heterocycles. The van der Waals surface area contributed by atoms with E-state index in [9.17, 15) is 4.79 Å². The maximum absolute atomic E-state index is 11.7. The minimum Gasteiger partial charge on any atom is -0.418 e. The number of rotatable bonds is 9. The largest absolute Gasteiger partial charge is 0.418 e. The molecular weight excluding hydrogens is 296 g/mol. The third-order valence-electron chi connectivity index (χ3n) is 3.84. The summed E-state index contributed by atoms with van der Waals surface area (Å²) in [5, 5.41) is 11.6. The Kier molecular flexibility index (Phi) is 8.85. The summed E-state index contributed by atoms with van der Waals surface area (Å²) < 4.78 is 16.3. The molecular formula is C17H28N2O4. The smallest absolute Gasteiger partial charge is 0.323 e. The number of nitrogens with zero attached hydrogens (tertiary/aromatic N) is 1. The molecule has 1 aliphatic rings. The summed E-state index contributed by atoms with van der Waals surface area (Å²) in [4.78, 5) is 11.7. The summed E-state index contributed by atoms with van der Waals surface area (Å²) >= 11 is 0. The second kappa shape index (κ2) is 10.4. The molecule has 0 spiro atoms. The fraction of sp³-hybridized carbons (Fsp3) is 0.765. The van der Waals surface area contributed by atoms with E-state index < -0.39 is 11.9 Å². The minimum absolute atomic E-state index is 0.308. The average Bonchev–Trinajstić information content (AvgIpc) is 2.54. The zero-order valence-corrected chi connectivity index (χ0v) is 14.4. The van der Waals surface area contributed by atoms with Crippen LogP contribution in [0.1, 0.15) is 58.8 Å². The molecule has 2 atom stereocenters. The van der Waals surface area contributed by atoms with Crippen LogP contribution in [-0.4, -0.2) is 31.8 Å². The summed E-state index contributed by atoms with van der Waals surface area (Å²) in [5.74, 6) is -1.95. The molecule has 1 N–H and O–H groups in total. The molecule has 0 aromatic rings. The van der Waals surface area contributed by atoms with Crippen molar-refractivity contribution in [3.8, 4) is 6.07 Å². The highest BCUT2D eigenvalue weighted by Gasteiger charge is 2.32. The predicted octanol–water partition coefficient (Wildman–Crippen LogP) is 3.00. The summed E-state index contributed by atoms with van der Waals surface area (Å²) in [6, 6.07) is 1.78. The number of ether oxygens (including phenoxy) is 3. The molecule has 0 heterocycles. The van der Waals surface area contributed by atoms with Gasteiger partial charge in [0.05, 0.1) is 12.7 Å². The van der Waals surface area contributed by atoms with Crippen LogP contribution in [0.4, 0.5) is 0 Å². The summed E-state index contributed by atoms with van der Waals surface area (Å²) in [7, 11) is 1.57. The quantitative estimate of drug-likeness (QED) is 0.399. The number of hydrogen-bond acceptors (Lipinski definition) is 6. The lowest BCUT2D eigenvalue weighted by Gasteiger charge is -2.33. The molecule has 0 bridgehead atoms. The van der Waals surface area contributed by atoms with Crippen LogP contribution in [0.2, 0.25) is 0 Å². The van der Waals surface area contributed by atoms with Gasteiger partial charge in [-0.1, -0.05) is 25.0 Å². The Morgan fingerprint density at radius 3 is 2.70 bits per heavy atom. The van der Waals surface area contributed by atoms with Gasteiger partial charge in [-0.2, -0.15) is 5.26 Å². The van der Waals surface area contributed by atoms with E-state index in [1.54, 1.807) is 20.1 Å². The number of carbonyl (C=O) groups is 1. The van der Waals surface area contributed by atoms with Gasteiger partial charge in [0.2, 0.25) is 0 Å². The van der Waals surface area contributed by atoms with Crippen LogP contribution in [0.25, 0.3) is 0 Å². The molecule has 6 heteroatoms. The minimum atomic E-state index is -1.32. The van der Waals surface area contributed by atoms with Gasteiger partial charge in [-0.25, -0.2) is 5.32 Å². The molecule has 1 aliphatic carbocycles. The molecule has 2 unspecified atom stereocenters. The maximum Gasteiger partial charge on any atom is 0.323 e. The zero-order valence-electron chi connectivity index (χ0n) is 14.4. The van der Waals surface area contributed by atoms with E-state index >= 15 is 0 Å². The van der Waals surface area contributed by atoms with Crippen LogP contribution in [0.3, 0.4) is 0 Å². The first-order valence-corrected chi connectivity index (χ1v) is 8.24. The maximum atomic E-state index is 11.7. The molecule has 0 amide bonds. The molecule has 6 nitrogen and oxygen atoms in total. The van der Waals surface area contributed by atoms with Gasteiger partial charge in [0, 0.05) is 14.0 Å². The number of hydrogen-bond donors (Lipinski definition) is 1. The highest BCUT2D eigenvalue weighted by Crippen LogP contribution is 2.23. The van der Waals surface area contributed by atoms with E-state index in [0.717, 1.165) is 12.8 Å². The molecule has 0 radical (unpaired) electrons. The van der Waals surface area contributed by atoms with Gasteiger partial charge in [0.1, 0.15) is 12.6 Å². The molecule has 1 saturated carbocycles. The fourth-order valence-corrected chi connectivity index (χ4v) is 2.57. The molecule has 0 aromatic heterocycles. The molecule has 130 valence electrons. The predicted molar refractivity (Wildman–Crippen MR) is 86.1 cm³/mol. The van der Waals surface area contributed by atoms with E-state index in [4.69, 9.17) is 19.5 Å². The van der Waals surface area contributed by atoms with Gasteiger partial charge in [0.25, 0.3) is 5.91 Å². The lowest BCUT2D eigenvalue weighted by molar-refractivity contribution is -0.246. The van der Waals surface area contributed by atoms with Gasteiger partial charge in [-0.3, -0.25) is 4.79 Å². The van der Waals surface area contributed by atoms with Gasteiger partial charge < -0.3 is 14.2 Å². The Balaban J connectivity index is 2.65. The van der Waals surface area contributed by atoms with E-state index in [1.165, 1.54) is 24.8 Å². The highest BCUT2D eigenvalue weighted by molar-refractivity contribution is 5.72. The van der Waals surface area contributed by atoms with Gasteiger partial charge in [0.15, 0.2) is 0 Å². The van der Waals surface area contributed by atoms with Crippen molar-refractivity contribution >= 4 is 5.97 Å². The Hall–Kier alpha value is -1.42. The summed E-state index contributed by atoms with van der Waals surface area (Å²) in [5.41, 5.74) is 1.39. The third kappa shape index (κ3) is 7.60. The van der Waals surface area contributed by atoms with Gasteiger partial charge >= 0.3 is 5.97 Å². The Labute approximate surface area is 138 Å². The number of nitrogens with one attached hydrogen (secondary N) is 1. The molecule has 1 fully saturated rings. The Bertz CT molecular complexity index is 432. The lowest BCUT2D eigenvalue weighted by Crippen LogP contribution is -2.53. The third-order valence-corrected chi connectivity index (χ3v) is 3.84. The lowest BCUT2D eigenvalue weighted by atomic mass is 9.95. The molecule has 0 aromatic carbocycles. The summed E-state index contributed by atoms with van der Waals surface area (Å²) in [6.07, 6.45) is 8.07. The van der Waals surface area contributed by atoms with Crippen molar-refractivity contribution in [3.05, 3.63) is 11.6 Å². The van der Waals surface area contributed by atoms with Crippen molar-refractivity contribution in [2.75, 3.05) is 13.7 Å². The number of nitriles is 1. The second-order valence-corrected chi connectivity index (χ2v) is 5.77. The molecule has 1 rings (SSSR count). The normalized spacial score (nSPS) is 18.6. The highest BCUT2D eigenvalue weighted by atomic mass is 16.7. The number of carbonyl (C=O) groups excluding carboxylic acids is 1. The zero-order chi connectivity index (χ0) is 17.1. The topological polar surface area (TPSA) is 80.6 Å². The van der Waals surface area contributed by atoms with E-state index in [0.29, 0.717) is 13.0 Å². The Morgan fingerprint density at radius 2 is 2.13 bits per heavy atom. The molecule has 23 heavy (non-hydrogen) atoms. The first-order chi connectivity index (χ1) is 11.0. The van der Waals surface area contributed by atoms with Gasteiger partial charge in [-0.05, 0) is 32.1 Å². The van der Waals surface area contributed by atoms with Crippen molar-refractivity contribution < 1.29 is 19.0 Å². The number of allylic oxidation sites excluding steroid dienone is 1. The number of methoxy groups -OCH3 is 1. The average molecular weight is 324 g/mol. The van der Waals surface area contributed by atoms with Crippen molar-refractivity contribution in [3.63, 3.8) is 0 Å². The van der Waals surface area contributed by atoms with Crippen molar-refractivity contribution in [1.29, 1.82) is 5.26 Å². The van der Waals surface area contributed by atoms with Crippen LogP contribution in [-0.2, 0) is 19.0 Å². The first kappa shape index (κ1) is 19.6. The van der Waals surface area contributed by atoms with Crippen LogP contribution < -0.4 is 5.32 Å². The van der Waals surface area contributed by atoms with Gasteiger partial charge in [-0.15, -0.1) is 0 Å². The van der Waals surface area contributed by atoms with E-state index in [1.807, 2.05) is 6.92 Å². The van der Waals surface area contributed by atoms with Crippen molar-refractivity contribution in [2.24, 2.45) is 0 Å². The summed E-state index contributed by atoms with van der Waals surface area (Å²) in [6.45, 7) is 3.92. The van der Waals surface area contributed by atoms with Crippen LogP contribution in [0.5, 0.6) is 0 Å². The Morgan fingerprint density at radius 1 is 1.43 bits per heavy atom. The van der Waals surface area contributed by atoms with Crippen molar-refractivity contribution in [2.45, 2.75) is 70.9 Å². The van der Waals surface area contributed by atoms with E-state index in [2.05, 4.69) is 11.4 Å². The molecule has 0 aliphatic heterocycles. The van der Waals surface area contributed by atoms with Crippen LogP contribution >= 0.6 is 0 Å². The van der Waals surface area contributed by atoms with E-state index in [-0.39, 0.29) is 12.6 Å². The SMILES string of the molecule is CCC(NC(C)(OCC=C1CCCCC1)OC(=O)CC#N)OC. The second-order valence-electron chi connectivity index (χ2n) is 5.77. The van der Waals surface area contributed by atoms with Crippen LogP contribution in [0, 0.1) is 11.3 Å².